The van der Waals surface area contributed by atoms with Crippen molar-refractivity contribution in [1.82, 2.24) is 9.78 Å². The lowest BCUT2D eigenvalue weighted by atomic mass is 9.88. The molecule has 1 heterocycles. The van der Waals surface area contributed by atoms with Crippen molar-refractivity contribution in [3.05, 3.63) is 99.7 Å². The van der Waals surface area contributed by atoms with Crippen LogP contribution in [0.1, 0.15) is 32.0 Å². The number of carbonyl (C=O) groups is 2. The Balaban J connectivity index is 1.63. The van der Waals surface area contributed by atoms with Gasteiger partial charge >= 0.3 is 0 Å². The van der Waals surface area contributed by atoms with Crippen LogP contribution in [0.5, 0.6) is 0 Å². The highest BCUT2D eigenvalue weighted by Gasteiger charge is 2.29. The number of nitrogens with two attached hydrogens (primary N) is 1. The Morgan fingerprint density at radius 1 is 1.03 bits per heavy atom. The Hall–Kier alpha value is -4.04. The van der Waals surface area contributed by atoms with Crippen LogP contribution < -0.4 is 11.1 Å². The van der Waals surface area contributed by atoms with Crippen molar-refractivity contribution in [3.63, 3.8) is 0 Å². The lowest BCUT2D eigenvalue weighted by Gasteiger charge is -2.20. The van der Waals surface area contributed by atoms with Gasteiger partial charge in [-0.3, -0.25) is 9.59 Å². The van der Waals surface area contributed by atoms with Crippen molar-refractivity contribution in [2.45, 2.75) is 12.8 Å². The molecule has 0 atom stereocenters. The summed E-state index contributed by atoms with van der Waals surface area (Å²) in [7, 11) is 0. The number of amides is 2. The molecule has 0 bridgehead atoms. The Morgan fingerprint density at radius 3 is 2.56 bits per heavy atom. The minimum absolute atomic E-state index is 0.0230. The molecule has 1 aromatic heterocycles. The summed E-state index contributed by atoms with van der Waals surface area (Å²) in [6.45, 7) is 0. The Morgan fingerprint density at radius 2 is 1.82 bits per heavy atom. The summed E-state index contributed by atoms with van der Waals surface area (Å²) in [5.41, 5.74) is 8.95. The quantitative estimate of drug-likeness (QED) is 0.436. The van der Waals surface area contributed by atoms with Crippen molar-refractivity contribution in [3.8, 4) is 16.9 Å². The molecule has 170 valence electrons. The van der Waals surface area contributed by atoms with Crippen LogP contribution in [-0.4, -0.2) is 21.6 Å². The number of carbonyl (C=O) groups excluding carboxylic acids is 2. The molecule has 0 unspecified atom stereocenters. The summed E-state index contributed by atoms with van der Waals surface area (Å²) in [6.07, 6.45) is 1.06. The summed E-state index contributed by atoms with van der Waals surface area (Å²) in [5, 5.41) is 7.41. The molecule has 1 aliphatic carbocycles. The van der Waals surface area contributed by atoms with Crippen LogP contribution >= 0.6 is 11.6 Å². The van der Waals surface area contributed by atoms with E-state index >= 15 is 0 Å². The number of nitrogens with zero attached hydrogens (tertiary/aromatic N) is 2. The minimum Gasteiger partial charge on any atom is -0.364 e. The molecule has 3 aromatic carbocycles. The monoisotopic (exact) mass is 478 g/mol. The van der Waals surface area contributed by atoms with Gasteiger partial charge < -0.3 is 11.1 Å². The average molecular weight is 479 g/mol. The third kappa shape index (κ3) is 3.72. The minimum atomic E-state index is -0.836. The molecule has 0 saturated heterocycles. The molecule has 1 aliphatic rings. The van der Waals surface area contributed by atoms with E-state index in [1.807, 2.05) is 6.07 Å². The fraction of sp³-hybridized carbons (Fsp3) is 0.0800. The highest BCUT2D eigenvalue weighted by Crippen LogP contribution is 2.39. The van der Waals surface area contributed by atoms with Crippen LogP contribution in [0, 0.1) is 11.6 Å². The van der Waals surface area contributed by atoms with E-state index in [1.54, 1.807) is 36.4 Å². The third-order valence-electron chi connectivity index (χ3n) is 5.74. The molecule has 0 saturated carbocycles. The fourth-order valence-corrected chi connectivity index (χ4v) is 4.41. The van der Waals surface area contributed by atoms with Crippen LogP contribution in [0.15, 0.2) is 60.7 Å². The zero-order chi connectivity index (χ0) is 24.0. The Labute approximate surface area is 198 Å². The van der Waals surface area contributed by atoms with Gasteiger partial charge in [0, 0.05) is 22.9 Å². The maximum absolute atomic E-state index is 14.7. The highest BCUT2D eigenvalue weighted by molar-refractivity contribution is 6.34. The summed E-state index contributed by atoms with van der Waals surface area (Å²) < 4.78 is 29.5. The molecular formula is C25H17ClF2N4O2. The number of rotatable bonds is 4. The second-order valence-corrected chi connectivity index (χ2v) is 8.26. The molecule has 9 heteroatoms. The third-order valence-corrected chi connectivity index (χ3v) is 6.07. The standard InChI is InChI=1S/C25H17ClF2N4O2/c26-19-4-2-1-3-16(19)25(34)30-15-8-5-13-6-9-17-22(24(29)33)31-32(23(17)18(13)12-15)21-10-7-14(27)11-20(21)28/h1-5,7-8,10-12H,6,9H2,(H2,29,33)(H,30,34). The summed E-state index contributed by atoms with van der Waals surface area (Å²) in [5.74, 6) is -2.71. The molecule has 0 radical (unpaired) electrons. The van der Waals surface area contributed by atoms with E-state index in [0.717, 1.165) is 17.7 Å². The lowest BCUT2D eigenvalue weighted by Crippen LogP contribution is -2.15. The van der Waals surface area contributed by atoms with Gasteiger partial charge in [0.05, 0.1) is 16.3 Å². The van der Waals surface area contributed by atoms with Crippen molar-refractivity contribution >= 4 is 29.1 Å². The molecule has 6 nitrogen and oxygen atoms in total. The SMILES string of the molecule is NC(=O)c1nn(-c2ccc(F)cc2F)c2c1CCc1ccc(NC(=O)c3ccccc3Cl)cc1-2. The topological polar surface area (TPSA) is 90.0 Å². The van der Waals surface area contributed by atoms with Gasteiger partial charge in [-0.15, -0.1) is 0 Å². The van der Waals surface area contributed by atoms with Gasteiger partial charge in [0.25, 0.3) is 11.8 Å². The smallest absolute Gasteiger partial charge is 0.269 e. The van der Waals surface area contributed by atoms with E-state index in [9.17, 15) is 18.4 Å². The van der Waals surface area contributed by atoms with E-state index in [0.29, 0.717) is 45.9 Å². The molecule has 0 fully saturated rings. The van der Waals surface area contributed by atoms with Gasteiger partial charge in [-0.25, -0.2) is 13.5 Å². The normalized spacial score (nSPS) is 12.1. The van der Waals surface area contributed by atoms with Crippen molar-refractivity contribution in [2.24, 2.45) is 5.73 Å². The first-order chi connectivity index (χ1) is 16.3. The van der Waals surface area contributed by atoms with Gasteiger partial charge in [-0.2, -0.15) is 5.10 Å². The van der Waals surface area contributed by atoms with Crippen LogP contribution in [0.4, 0.5) is 14.5 Å². The highest BCUT2D eigenvalue weighted by atomic mass is 35.5. The average Bonchev–Trinajstić information content (AvgIpc) is 3.19. The maximum Gasteiger partial charge on any atom is 0.269 e. The van der Waals surface area contributed by atoms with Crippen LogP contribution in [-0.2, 0) is 12.8 Å². The number of fused-ring (bicyclic) bond motifs is 3. The molecular weight excluding hydrogens is 462 g/mol. The van der Waals surface area contributed by atoms with Crippen LogP contribution in [0.3, 0.4) is 0 Å². The van der Waals surface area contributed by atoms with Gasteiger partial charge in [0.1, 0.15) is 11.5 Å². The Bertz CT molecular complexity index is 1480. The number of benzene rings is 3. The molecule has 34 heavy (non-hydrogen) atoms. The number of nitrogens with one attached hydrogen (secondary N) is 1. The predicted molar refractivity (Wildman–Crippen MR) is 124 cm³/mol. The number of anilines is 1. The largest absolute Gasteiger partial charge is 0.364 e. The molecule has 0 spiro atoms. The predicted octanol–water partition coefficient (Wildman–Crippen LogP) is 4.92. The second-order valence-electron chi connectivity index (χ2n) is 7.85. The first-order valence-electron chi connectivity index (χ1n) is 10.4. The summed E-state index contributed by atoms with van der Waals surface area (Å²) in [6, 6.07) is 15.1. The molecule has 2 amide bonds. The molecule has 5 rings (SSSR count). The number of hydrogen-bond donors (Lipinski definition) is 2. The van der Waals surface area contributed by atoms with Crippen LogP contribution in [0.25, 0.3) is 16.9 Å². The van der Waals surface area contributed by atoms with Crippen molar-refractivity contribution in [1.29, 1.82) is 0 Å². The first-order valence-corrected chi connectivity index (χ1v) is 10.8. The second kappa shape index (κ2) is 8.39. The van der Waals surface area contributed by atoms with E-state index in [2.05, 4.69) is 10.4 Å². The molecule has 3 N–H and O–H groups in total. The molecule has 4 aromatic rings. The summed E-state index contributed by atoms with van der Waals surface area (Å²) >= 11 is 6.14. The van der Waals surface area contributed by atoms with E-state index in [-0.39, 0.29) is 11.4 Å². The van der Waals surface area contributed by atoms with Crippen molar-refractivity contribution < 1.29 is 18.4 Å². The van der Waals surface area contributed by atoms with Gasteiger partial charge in [0.15, 0.2) is 11.5 Å². The number of halogens is 3. The number of hydrogen-bond acceptors (Lipinski definition) is 3. The zero-order valence-corrected chi connectivity index (χ0v) is 18.4. The number of aromatic nitrogens is 2. The Kier molecular flexibility index (Phi) is 5.37. The van der Waals surface area contributed by atoms with Gasteiger partial charge in [-0.1, -0.05) is 29.8 Å². The summed E-state index contributed by atoms with van der Waals surface area (Å²) in [4.78, 5) is 24.8. The van der Waals surface area contributed by atoms with E-state index < -0.39 is 23.4 Å². The van der Waals surface area contributed by atoms with Gasteiger partial charge in [0.2, 0.25) is 0 Å². The first kappa shape index (κ1) is 21.8. The maximum atomic E-state index is 14.7. The fourth-order valence-electron chi connectivity index (χ4n) is 4.19. The number of primary amides is 1. The zero-order valence-electron chi connectivity index (χ0n) is 17.6. The van der Waals surface area contributed by atoms with E-state index in [1.165, 1.54) is 10.7 Å². The van der Waals surface area contributed by atoms with Crippen molar-refractivity contribution in [2.75, 3.05) is 5.32 Å². The number of aryl methyl sites for hydroxylation is 1. The van der Waals surface area contributed by atoms with Gasteiger partial charge in [-0.05, 0) is 54.8 Å². The molecule has 0 aliphatic heterocycles. The lowest BCUT2D eigenvalue weighted by molar-refractivity contribution is 0.0992. The van der Waals surface area contributed by atoms with E-state index in [4.69, 9.17) is 17.3 Å². The van der Waals surface area contributed by atoms with Crippen LogP contribution in [0.2, 0.25) is 5.02 Å².